The fourth-order valence-corrected chi connectivity index (χ4v) is 2.61. The quantitative estimate of drug-likeness (QED) is 0.666. The Labute approximate surface area is 147 Å². The van der Waals surface area contributed by atoms with E-state index in [9.17, 15) is 22.8 Å². The molecule has 9 heteroatoms. The van der Waals surface area contributed by atoms with Crippen LogP contribution >= 0.6 is 0 Å². The maximum atomic E-state index is 13.7. The summed E-state index contributed by atoms with van der Waals surface area (Å²) in [5, 5.41) is 2.22. The number of piperazine rings is 1. The van der Waals surface area contributed by atoms with Gasteiger partial charge in [-0.2, -0.15) is 0 Å². The van der Waals surface area contributed by atoms with Gasteiger partial charge in [-0.3, -0.25) is 9.59 Å². The van der Waals surface area contributed by atoms with E-state index < -0.39 is 29.0 Å². The topological polar surface area (TPSA) is 65.5 Å². The highest BCUT2D eigenvalue weighted by atomic mass is 19.2. The zero-order chi connectivity index (χ0) is 18.7. The van der Waals surface area contributed by atoms with Crippen molar-refractivity contribution in [3.8, 4) is 0 Å². The Morgan fingerprint density at radius 1 is 1.08 bits per heavy atom. The first-order valence-electron chi connectivity index (χ1n) is 7.85. The van der Waals surface area contributed by atoms with Gasteiger partial charge in [-0.15, -0.1) is 0 Å². The third-order valence-electron chi connectivity index (χ3n) is 4.08. The van der Waals surface area contributed by atoms with E-state index in [2.05, 4.69) is 10.3 Å². The summed E-state index contributed by atoms with van der Waals surface area (Å²) in [4.78, 5) is 30.8. The Balaban J connectivity index is 1.75. The molecule has 1 saturated heterocycles. The van der Waals surface area contributed by atoms with Crippen LogP contribution in [0.4, 0.5) is 24.7 Å². The highest BCUT2D eigenvalue weighted by Gasteiger charge is 2.19. The highest BCUT2D eigenvalue weighted by molar-refractivity contribution is 6.04. The molecule has 136 valence electrons. The summed E-state index contributed by atoms with van der Waals surface area (Å²) in [5.74, 6) is -4.58. The lowest BCUT2D eigenvalue weighted by atomic mass is 10.2. The lowest BCUT2D eigenvalue weighted by molar-refractivity contribution is -0.118. The van der Waals surface area contributed by atoms with Crippen LogP contribution in [0.3, 0.4) is 0 Å². The SMILES string of the molecule is O=CN1CCN(c2cc(C(=O)Nc3ccc(F)c(F)c3F)ccn2)CC1. The average molecular weight is 364 g/mol. The summed E-state index contributed by atoms with van der Waals surface area (Å²) < 4.78 is 39.9. The summed E-state index contributed by atoms with van der Waals surface area (Å²) in [6, 6.07) is 4.63. The number of rotatable bonds is 4. The van der Waals surface area contributed by atoms with E-state index in [1.807, 2.05) is 4.90 Å². The molecule has 2 heterocycles. The molecule has 2 amide bonds. The van der Waals surface area contributed by atoms with Gasteiger partial charge in [0, 0.05) is 37.9 Å². The summed E-state index contributed by atoms with van der Waals surface area (Å²) in [5.41, 5.74) is -0.260. The van der Waals surface area contributed by atoms with Gasteiger partial charge in [0.05, 0.1) is 5.69 Å². The normalized spacial score (nSPS) is 14.3. The number of nitrogens with one attached hydrogen (secondary N) is 1. The van der Waals surface area contributed by atoms with Gasteiger partial charge in [0.1, 0.15) is 5.82 Å². The summed E-state index contributed by atoms with van der Waals surface area (Å²) >= 11 is 0. The van der Waals surface area contributed by atoms with E-state index in [0.29, 0.717) is 32.0 Å². The van der Waals surface area contributed by atoms with Crippen LogP contribution in [0.1, 0.15) is 10.4 Å². The van der Waals surface area contributed by atoms with Crippen LogP contribution in [0.25, 0.3) is 0 Å². The first-order valence-corrected chi connectivity index (χ1v) is 7.85. The average Bonchev–Trinajstić information content (AvgIpc) is 2.68. The number of hydrogen-bond donors (Lipinski definition) is 1. The van der Waals surface area contributed by atoms with Crippen LogP contribution in [0.15, 0.2) is 30.5 Å². The standard InChI is InChI=1S/C17H15F3N4O2/c18-12-1-2-13(16(20)15(12)19)22-17(26)11-3-4-21-14(9-11)24-7-5-23(10-25)6-8-24/h1-4,9-10H,5-8H2,(H,22,26). The van der Waals surface area contributed by atoms with Crippen LogP contribution in [0, 0.1) is 17.5 Å². The molecule has 0 aliphatic carbocycles. The summed E-state index contributed by atoms with van der Waals surface area (Å²) in [7, 11) is 0. The van der Waals surface area contributed by atoms with E-state index in [1.54, 1.807) is 4.90 Å². The molecule has 3 rings (SSSR count). The van der Waals surface area contributed by atoms with Crippen LogP contribution in [0.5, 0.6) is 0 Å². The molecule has 0 bridgehead atoms. The third-order valence-corrected chi connectivity index (χ3v) is 4.08. The van der Waals surface area contributed by atoms with Gasteiger partial charge in [0.15, 0.2) is 17.5 Å². The molecule has 0 unspecified atom stereocenters. The molecule has 1 aliphatic rings. The van der Waals surface area contributed by atoms with Crippen LogP contribution in [-0.2, 0) is 4.79 Å². The molecule has 1 fully saturated rings. The van der Waals surface area contributed by atoms with Gasteiger partial charge in [0.25, 0.3) is 5.91 Å². The van der Waals surface area contributed by atoms with Crippen molar-refractivity contribution < 1.29 is 22.8 Å². The predicted octanol–water partition coefficient (Wildman–Crippen LogP) is 2.03. The first-order chi connectivity index (χ1) is 12.5. The zero-order valence-corrected chi connectivity index (χ0v) is 13.6. The Hall–Kier alpha value is -3.10. The highest BCUT2D eigenvalue weighted by Crippen LogP contribution is 2.21. The van der Waals surface area contributed by atoms with Crippen molar-refractivity contribution in [2.75, 3.05) is 36.4 Å². The molecular formula is C17H15F3N4O2. The molecule has 0 saturated carbocycles. The molecule has 0 atom stereocenters. The number of carbonyl (C=O) groups is 2. The second-order valence-corrected chi connectivity index (χ2v) is 5.71. The van der Waals surface area contributed by atoms with Gasteiger partial charge in [-0.05, 0) is 24.3 Å². The number of amides is 2. The molecule has 1 aromatic carbocycles. The molecule has 26 heavy (non-hydrogen) atoms. The van der Waals surface area contributed by atoms with Gasteiger partial charge in [-0.25, -0.2) is 18.2 Å². The maximum absolute atomic E-state index is 13.7. The van der Waals surface area contributed by atoms with E-state index >= 15 is 0 Å². The zero-order valence-electron chi connectivity index (χ0n) is 13.6. The maximum Gasteiger partial charge on any atom is 0.255 e. The Morgan fingerprint density at radius 2 is 1.81 bits per heavy atom. The van der Waals surface area contributed by atoms with Gasteiger partial charge < -0.3 is 15.1 Å². The second-order valence-electron chi connectivity index (χ2n) is 5.71. The van der Waals surface area contributed by atoms with Gasteiger partial charge >= 0.3 is 0 Å². The smallest absolute Gasteiger partial charge is 0.255 e. The number of anilines is 2. The molecular weight excluding hydrogens is 349 g/mol. The van der Waals surface area contributed by atoms with Crippen LogP contribution in [0.2, 0.25) is 0 Å². The van der Waals surface area contributed by atoms with Crippen molar-refractivity contribution in [3.63, 3.8) is 0 Å². The summed E-state index contributed by atoms with van der Waals surface area (Å²) in [6.45, 7) is 2.21. The lowest BCUT2D eigenvalue weighted by Gasteiger charge is -2.33. The largest absolute Gasteiger partial charge is 0.353 e. The number of pyridine rings is 1. The Morgan fingerprint density at radius 3 is 2.50 bits per heavy atom. The molecule has 0 radical (unpaired) electrons. The van der Waals surface area contributed by atoms with Crippen molar-refractivity contribution in [1.82, 2.24) is 9.88 Å². The first kappa shape index (κ1) is 17.7. The number of aromatic nitrogens is 1. The Bertz CT molecular complexity index is 839. The van der Waals surface area contributed by atoms with Gasteiger partial charge in [-0.1, -0.05) is 0 Å². The third kappa shape index (κ3) is 3.61. The fraction of sp³-hybridized carbons (Fsp3) is 0.235. The minimum absolute atomic E-state index is 0.192. The molecule has 1 N–H and O–H groups in total. The molecule has 6 nitrogen and oxygen atoms in total. The van der Waals surface area contributed by atoms with Crippen LogP contribution in [-0.4, -0.2) is 48.4 Å². The van der Waals surface area contributed by atoms with Crippen LogP contribution < -0.4 is 10.2 Å². The molecule has 1 aromatic heterocycles. The Kier molecular flexibility index (Phi) is 5.06. The van der Waals surface area contributed by atoms with E-state index in [4.69, 9.17) is 0 Å². The lowest BCUT2D eigenvalue weighted by Crippen LogP contribution is -2.46. The molecule has 1 aliphatic heterocycles. The monoisotopic (exact) mass is 364 g/mol. The fourth-order valence-electron chi connectivity index (χ4n) is 2.61. The number of nitrogens with zero attached hydrogens (tertiary/aromatic N) is 3. The van der Waals surface area contributed by atoms with Crippen molar-refractivity contribution >= 4 is 23.8 Å². The molecule has 0 spiro atoms. The van der Waals surface area contributed by atoms with E-state index in [1.165, 1.54) is 18.3 Å². The predicted molar refractivity (Wildman–Crippen MR) is 88.4 cm³/mol. The minimum Gasteiger partial charge on any atom is -0.353 e. The number of carbonyl (C=O) groups excluding carboxylic acids is 2. The van der Waals surface area contributed by atoms with E-state index in [0.717, 1.165) is 18.5 Å². The summed E-state index contributed by atoms with van der Waals surface area (Å²) in [6.07, 6.45) is 2.21. The van der Waals surface area contributed by atoms with Crippen molar-refractivity contribution in [3.05, 3.63) is 53.5 Å². The number of benzene rings is 1. The van der Waals surface area contributed by atoms with Gasteiger partial charge in [0.2, 0.25) is 6.41 Å². The van der Waals surface area contributed by atoms with E-state index in [-0.39, 0.29) is 5.56 Å². The minimum atomic E-state index is -1.65. The molecule has 2 aromatic rings. The number of hydrogen-bond acceptors (Lipinski definition) is 4. The van der Waals surface area contributed by atoms with Crippen molar-refractivity contribution in [2.24, 2.45) is 0 Å². The van der Waals surface area contributed by atoms with Crippen molar-refractivity contribution in [1.29, 1.82) is 0 Å². The number of halogens is 3. The van der Waals surface area contributed by atoms with Crippen molar-refractivity contribution in [2.45, 2.75) is 0 Å². The second kappa shape index (κ2) is 7.42.